The van der Waals surface area contributed by atoms with E-state index in [1.165, 1.54) is 0 Å². The van der Waals surface area contributed by atoms with Crippen molar-refractivity contribution in [3.05, 3.63) is 34.3 Å². The summed E-state index contributed by atoms with van der Waals surface area (Å²) in [6.45, 7) is -0.942. The van der Waals surface area contributed by atoms with Gasteiger partial charge in [-0.15, -0.1) is 0 Å². The molecule has 1 aromatic carbocycles. The lowest BCUT2D eigenvalue weighted by Crippen LogP contribution is -2.01. The molecule has 0 aliphatic carbocycles. The molecule has 0 saturated carbocycles. The first-order valence-corrected chi connectivity index (χ1v) is 3.88. The van der Waals surface area contributed by atoms with Gasteiger partial charge in [-0.2, -0.15) is 0 Å². The van der Waals surface area contributed by atoms with E-state index in [4.69, 9.17) is 0 Å². The van der Waals surface area contributed by atoms with Crippen LogP contribution in [-0.4, -0.2) is 12.5 Å². The molecule has 0 unspecified atom stereocenters. The van der Waals surface area contributed by atoms with Crippen LogP contribution in [-0.2, 0) is 0 Å². The maximum Gasteiger partial charge on any atom is 0.194 e. The molecule has 0 fully saturated rings. The third-order valence-corrected chi connectivity index (χ3v) is 1.99. The topological polar surface area (TPSA) is 17.1 Å². The van der Waals surface area contributed by atoms with Crippen molar-refractivity contribution >= 4 is 21.7 Å². The summed E-state index contributed by atoms with van der Waals surface area (Å²) in [5.41, 5.74) is 0.398. The Morgan fingerprint density at radius 1 is 1.45 bits per heavy atom. The van der Waals surface area contributed by atoms with Gasteiger partial charge < -0.3 is 0 Å². The lowest BCUT2D eigenvalue weighted by atomic mass is 10.1. The molecule has 0 atom stereocenters. The molecule has 0 spiro atoms. The minimum absolute atomic E-state index is 0.398. The second-order valence-corrected chi connectivity index (χ2v) is 2.89. The van der Waals surface area contributed by atoms with Crippen LogP contribution in [0.5, 0.6) is 0 Å². The summed E-state index contributed by atoms with van der Waals surface area (Å²) < 4.78 is 12.5. The van der Waals surface area contributed by atoms with Crippen molar-refractivity contribution in [3.63, 3.8) is 0 Å². The standard InChI is InChI=1S/C8H6BrFO/c9-7-4-2-1-3-6(7)8(11)5-10/h1-4H,5H2. The van der Waals surface area contributed by atoms with Crippen LogP contribution in [0.25, 0.3) is 0 Å². The summed E-state index contributed by atoms with van der Waals surface area (Å²) in [4.78, 5) is 10.8. The van der Waals surface area contributed by atoms with Gasteiger partial charge in [0.25, 0.3) is 0 Å². The van der Waals surface area contributed by atoms with Crippen molar-refractivity contribution < 1.29 is 9.18 Å². The quantitative estimate of drug-likeness (QED) is 0.695. The van der Waals surface area contributed by atoms with Gasteiger partial charge in [-0.05, 0) is 6.07 Å². The predicted molar refractivity (Wildman–Crippen MR) is 44.4 cm³/mol. The molecule has 0 aliphatic heterocycles. The monoisotopic (exact) mass is 216 g/mol. The normalized spacial score (nSPS) is 9.64. The molecule has 0 saturated heterocycles. The molecule has 58 valence electrons. The number of halogens is 2. The maximum atomic E-state index is 11.9. The van der Waals surface area contributed by atoms with Gasteiger partial charge in [-0.3, -0.25) is 4.79 Å². The van der Waals surface area contributed by atoms with Crippen LogP contribution >= 0.6 is 15.9 Å². The maximum absolute atomic E-state index is 11.9. The van der Waals surface area contributed by atoms with Crippen molar-refractivity contribution in [1.82, 2.24) is 0 Å². The van der Waals surface area contributed by atoms with Crippen LogP contribution in [0.3, 0.4) is 0 Å². The minimum atomic E-state index is -0.942. The highest BCUT2D eigenvalue weighted by Crippen LogP contribution is 2.16. The molecular weight excluding hydrogens is 211 g/mol. The van der Waals surface area contributed by atoms with E-state index in [-0.39, 0.29) is 0 Å². The Bertz CT molecular complexity index is 273. The number of hydrogen-bond acceptors (Lipinski definition) is 1. The minimum Gasteiger partial charge on any atom is -0.291 e. The van der Waals surface area contributed by atoms with E-state index in [9.17, 15) is 9.18 Å². The second kappa shape index (κ2) is 3.62. The SMILES string of the molecule is O=C(CF)c1ccccc1Br. The zero-order valence-corrected chi connectivity index (χ0v) is 7.27. The first kappa shape index (κ1) is 8.40. The molecule has 1 aromatic rings. The molecule has 0 N–H and O–H groups in total. The largest absolute Gasteiger partial charge is 0.291 e. The number of hydrogen-bond donors (Lipinski definition) is 0. The van der Waals surface area contributed by atoms with Crippen LogP contribution in [0.15, 0.2) is 28.7 Å². The van der Waals surface area contributed by atoms with Gasteiger partial charge in [0.2, 0.25) is 0 Å². The van der Waals surface area contributed by atoms with Gasteiger partial charge in [0.15, 0.2) is 12.5 Å². The van der Waals surface area contributed by atoms with E-state index in [0.29, 0.717) is 10.0 Å². The number of ketones is 1. The fourth-order valence-electron chi connectivity index (χ4n) is 0.759. The predicted octanol–water partition coefficient (Wildman–Crippen LogP) is 2.60. The molecule has 0 amide bonds. The first-order chi connectivity index (χ1) is 5.25. The smallest absolute Gasteiger partial charge is 0.194 e. The third-order valence-electron chi connectivity index (χ3n) is 1.30. The second-order valence-electron chi connectivity index (χ2n) is 2.04. The third kappa shape index (κ3) is 1.87. The summed E-state index contributed by atoms with van der Waals surface area (Å²) in [7, 11) is 0. The molecule has 0 bridgehead atoms. The van der Waals surface area contributed by atoms with Gasteiger partial charge in [-0.25, -0.2) is 4.39 Å². The highest BCUT2D eigenvalue weighted by molar-refractivity contribution is 9.10. The molecule has 0 radical (unpaired) electrons. The summed E-state index contributed by atoms with van der Waals surface area (Å²) >= 11 is 3.15. The Morgan fingerprint density at radius 2 is 2.09 bits per heavy atom. The van der Waals surface area contributed by atoms with E-state index in [2.05, 4.69) is 15.9 Å². The van der Waals surface area contributed by atoms with Crippen LogP contribution in [0.2, 0.25) is 0 Å². The molecule has 0 aromatic heterocycles. The molecule has 1 nitrogen and oxygen atoms in total. The van der Waals surface area contributed by atoms with Gasteiger partial charge in [0, 0.05) is 10.0 Å². The van der Waals surface area contributed by atoms with E-state index in [1.54, 1.807) is 24.3 Å². The Labute approximate surface area is 72.4 Å². The Hall–Kier alpha value is -0.700. The molecule has 0 aliphatic rings. The van der Waals surface area contributed by atoms with Crippen molar-refractivity contribution in [1.29, 1.82) is 0 Å². The Morgan fingerprint density at radius 3 is 2.64 bits per heavy atom. The lowest BCUT2D eigenvalue weighted by molar-refractivity contribution is 0.0958. The number of carbonyl (C=O) groups is 1. The van der Waals surface area contributed by atoms with Crippen LogP contribution in [0.1, 0.15) is 10.4 Å². The van der Waals surface area contributed by atoms with Crippen LogP contribution in [0, 0.1) is 0 Å². The number of alkyl halides is 1. The van der Waals surface area contributed by atoms with Gasteiger partial charge >= 0.3 is 0 Å². The van der Waals surface area contributed by atoms with Crippen LogP contribution < -0.4 is 0 Å². The average molecular weight is 217 g/mol. The molecule has 1 rings (SSSR count). The van der Waals surface area contributed by atoms with Crippen molar-refractivity contribution in [2.75, 3.05) is 6.67 Å². The molecular formula is C8H6BrFO. The van der Waals surface area contributed by atoms with E-state index >= 15 is 0 Å². The first-order valence-electron chi connectivity index (χ1n) is 3.09. The highest BCUT2D eigenvalue weighted by atomic mass is 79.9. The Balaban J connectivity index is 3.03. The number of benzene rings is 1. The summed E-state index contributed by atoms with van der Waals surface area (Å²) in [5.74, 6) is -0.488. The highest BCUT2D eigenvalue weighted by Gasteiger charge is 2.07. The van der Waals surface area contributed by atoms with E-state index in [0.717, 1.165) is 0 Å². The molecule has 3 heteroatoms. The van der Waals surface area contributed by atoms with Crippen molar-refractivity contribution in [2.24, 2.45) is 0 Å². The summed E-state index contributed by atoms with van der Waals surface area (Å²) in [6, 6.07) is 6.78. The Kier molecular flexibility index (Phi) is 2.76. The molecule has 11 heavy (non-hydrogen) atoms. The van der Waals surface area contributed by atoms with E-state index in [1.807, 2.05) is 0 Å². The number of Topliss-reactive ketones (excluding diaryl/α,β-unsaturated/α-hetero) is 1. The average Bonchev–Trinajstić information content (AvgIpc) is 2.04. The summed E-state index contributed by atoms with van der Waals surface area (Å²) in [5, 5.41) is 0. The van der Waals surface area contributed by atoms with E-state index < -0.39 is 12.5 Å². The van der Waals surface area contributed by atoms with Gasteiger partial charge in [0.1, 0.15) is 0 Å². The molecule has 0 heterocycles. The van der Waals surface area contributed by atoms with Gasteiger partial charge in [-0.1, -0.05) is 34.1 Å². The number of carbonyl (C=O) groups excluding carboxylic acids is 1. The fourth-order valence-corrected chi connectivity index (χ4v) is 1.27. The lowest BCUT2D eigenvalue weighted by Gasteiger charge is -1.97. The number of rotatable bonds is 2. The van der Waals surface area contributed by atoms with Gasteiger partial charge in [0.05, 0.1) is 0 Å². The summed E-state index contributed by atoms with van der Waals surface area (Å²) in [6.07, 6.45) is 0. The zero-order chi connectivity index (χ0) is 8.27. The van der Waals surface area contributed by atoms with Crippen molar-refractivity contribution in [3.8, 4) is 0 Å². The fraction of sp³-hybridized carbons (Fsp3) is 0.125. The van der Waals surface area contributed by atoms with Crippen molar-refractivity contribution in [2.45, 2.75) is 0 Å². The zero-order valence-electron chi connectivity index (χ0n) is 5.68. The van der Waals surface area contributed by atoms with Crippen LogP contribution in [0.4, 0.5) is 4.39 Å².